The van der Waals surface area contributed by atoms with Crippen LogP contribution in [0.4, 0.5) is 0 Å². The van der Waals surface area contributed by atoms with E-state index >= 15 is 0 Å². The van der Waals surface area contributed by atoms with Crippen LogP contribution >= 0.6 is 11.8 Å². The molecular weight excluding hydrogens is 468 g/mol. The second kappa shape index (κ2) is 11.0. The van der Waals surface area contributed by atoms with E-state index in [2.05, 4.69) is 10.3 Å². The Balaban J connectivity index is 1.47. The molecule has 1 saturated heterocycles. The monoisotopic (exact) mass is 498 g/mol. The maximum absolute atomic E-state index is 12.8. The number of thioether (sulfide) groups is 1. The number of esters is 1. The fourth-order valence-corrected chi connectivity index (χ4v) is 5.47. The number of methoxy groups -OCH3 is 2. The van der Waals surface area contributed by atoms with Crippen LogP contribution in [0.1, 0.15) is 44.2 Å². The van der Waals surface area contributed by atoms with Crippen LogP contribution in [0.3, 0.4) is 0 Å². The number of hydrogen-bond acceptors (Lipinski definition) is 8. The average Bonchev–Trinajstić information content (AvgIpc) is 3.46. The van der Waals surface area contributed by atoms with E-state index in [-0.39, 0.29) is 18.2 Å². The van der Waals surface area contributed by atoms with Crippen molar-refractivity contribution in [3.8, 4) is 5.75 Å². The van der Waals surface area contributed by atoms with E-state index < -0.39 is 12.0 Å². The third kappa shape index (κ3) is 5.37. The van der Waals surface area contributed by atoms with Gasteiger partial charge in [-0.2, -0.15) is 0 Å². The summed E-state index contributed by atoms with van der Waals surface area (Å²) in [6.45, 7) is 3.75. The Hall–Kier alpha value is -3.27. The number of nitrogens with zero attached hydrogens (tertiary/aromatic N) is 3. The van der Waals surface area contributed by atoms with E-state index in [1.165, 1.54) is 18.9 Å². The van der Waals surface area contributed by atoms with Gasteiger partial charge in [-0.15, -0.1) is 0 Å². The van der Waals surface area contributed by atoms with Crippen LogP contribution in [0.25, 0.3) is 0 Å². The molecule has 0 aliphatic carbocycles. The highest BCUT2D eigenvalue weighted by atomic mass is 32.2. The summed E-state index contributed by atoms with van der Waals surface area (Å²) in [7, 11) is 2.95. The van der Waals surface area contributed by atoms with Gasteiger partial charge in [-0.05, 0) is 42.9 Å². The second-order valence-corrected chi connectivity index (χ2v) is 9.36. The largest absolute Gasteiger partial charge is 0.497 e. The summed E-state index contributed by atoms with van der Waals surface area (Å²) >= 11 is 1.43. The Morgan fingerprint density at radius 3 is 2.66 bits per heavy atom. The highest BCUT2D eigenvalue weighted by molar-refractivity contribution is 8.16. The van der Waals surface area contributed by atoms with Gasteiger partial charge in [0.2, 0.25) is 11.8 Å². The number of ether oxygens (including phenoxy) is 2. The summed E-state index contributed by atoms with van der Waals surface area (Å²) in [4.78, 5) is 45.7. The number of likely N-dealkylation sites (tertiary alicyclic amines) is 1. The lowest BCUT2D eigenvalue weighted by molar-refractivity contribution is -0.136. The van der Waals surface area contributed by atoms with Crippen molar-refractivity contribution in [2.24, 2.45) is 4.99 Å². The lowest BCUT2D eigenvalue weighted by Gasteiger charge is -2.36. The van der Waals surface area contributed by atoms with Crippen LogP contribution in [0.5, 0.6) is 5.75 Å². The summed E-state index contributed by atoms with van der Waals surface area (Å²) in [5.74, 6) is 0.324. The van der Waals surface area contributed by atoms with Gasteiger partial charge in [0.25, 0.3) is 0 Å². The molecule has 1 unspecified atom stereocenters. The number of benzene rings is 1. The number of rotatable bonds is 9. The standard InChI is InChI=1S/C25H30N4O5S/c1-16-22(24(32)34-3)23(17-7-9-19(33-2)10-8-17)29-18(15-35-25(29)27-16)14-20(30)26-11-5-13-28-12-4-6-21(28)31/h7-10,15,23H,4-6,11-14H2,1-3H3,(H,26,30). The predicted octanol–water partition coefficient (Wildman–Crippen LogP) is 2.96. The molecule has 186 valence electrons. The normalized spacial score (nSPS) is 19.4. The van der Waals surface area contributed by atoms with Crippen LogP contribution in [0, 0.1) is 0 Å². The molecule has 2 amide bonds. The third-order valence-corrected chi connectivity index (χ3v) is 7.17. The summed E-state index contributed by atoms with van der Waals surface area (Å²) in [6, 6.07) is 7.02. The summed E-state index contributed by atoms with van der Waals surface area (Å²) in [5.41, 5.74) is 2.65. The molecule has 0 spiro atoms. The van der Waals surface area contributed by atoms with Gasteiger partial charge in [0, 0.05) is 31.8 Å². The van der Waals surface area contributed by atoms with Crippen molar-refractivity contribution in [3.05, 3.63) is 52.2 Å². The zero-order valence-electron chi connectivity index (χ0n) is 20.2. The molecule has 0 radical (unpaired) electrons. The van der Waals surface area contributed by atoms with Crippen molar-refractivity contribution >= 4 is 34.7 Å². The number of aliphatic imine (C=N–C) groups is 1. The number of fused-ring (bicyclic) bond motifs is 1. The topological polar surface area (TPSA) is 101 Å². The molecule has 1 atom stereocenters. The van der Waals surface area contributed by atoms with Gasteiger partial charge in [-0.3, -0.25) is 9.59 Å². The van der Waals surface area contributed by atoms with E-state index in [0.29, 0.717) is 48.1 Å². The minimum Gasteiger partial charge on any atom is -0.497 e. The molecule has 3 heterocycles. The molecule has 35 heavy (non-hydrogen) atoms. The van der Waals surface area contributed by atoms with Gasteiger partial charge in [0.15, 0.2) is 5.17 Å². The van der Waals surface area contributed by atoms with Gasteiger partial charge >= 0.3 is 5.97 Å². The van der Waals surface area contributed by atoms with Crippen molar-refractivity contribution in [2.75, 3.05) is 33.9 Å². The molecular formula is C25H30N4O5S. The van der Waals surface area contributed by atoms with E-state index in [1.54, 1.807) is 14.0 Å². The Kier molecular flexibility index (Phi) is 7.80. The van der Waals surface area contributed by atoms with E-state index in [4.69, 9.17) is 9.47 Å². The minimum atomic E-state index is -0.476. The van der Waals surface area contributed by atoms with Gasteiger partial charge < -0.3 is 24.6 Å². The number of amidine groups is 1. The fraction of sp³-hybridized carbons (Fsp3) is 0.440. The van der Waals surface area contributed by atoms with Crippen LogP contribution in [0.2, 0.25) is 0 Å². The molecule has 10 heteroatoms. The molecule has 1 N–H and O–H groups in total. The first-order chi connectivity index (χ1) is 16.9. The number of carbonyl (C=O) groups is 3. The average molecular weight is 499 g/mol. The molecule has 1 aromatic rings. The zero-order chi connectivity index (χ0) is 24.9. The number of allylic oxidation sites excluding steroid dienone is 1. The molecule has 0 bridgehead atoms. The lowest BCUT2D eigenvalue weighted by Crippen LogP contribution is -2.38. The molecule has 1 aromatic carbocycles. The molecule has 9 nitrogen and oxygen atoms in total. The Labute approximate surface area is 209 Å². The Morgan fingerprint density at radius 1 is 1.23 bits per heavy atom. The highest BCUT2D eigenvalue weighted by Crippen LogP contribution is 2.45. The van der Waals surface area contributed by atoms with E-state index in [9.17, 15) is 14.4 Å². The number of amides is 2. The van der Waals surface area contributed by atoms with Crippen molar-refractivity contribution in [1.82, 2.24) is 15.1 Å². The van der Waals surface area contributed by atoms with Crippen LogP contribution in [-0.2, 0) is 19.1 Å². The van der Waals surface area contributed by atoms with Crippen molar-refractivity contribution in [3.63, 3.8) is 0 Å². The molecule has 3 aliphatic heterocycles. The summed E-state index contributed by atoms with van der Waals surface area (Å²) in [5, 5.41) is 5.58. The number of nitrogens with one attached hydrogen (secondary N) is 1. The maximum Gasteiger partial charge on any atom is 0.338 e. The van der Waals surface area contributed by atoms with Crippen molar-refractivity contribution in [1.29, 1.82) is 0 Å². The van der Waals surface area contributed by atoms with E-state index in [0.717, 1.165) is 24.2 Å². The summed E-state index contributed by atoms with van der Waals surface area (Å²) in [6.07, 6.45) is 2.39. The zero-order valence-corrected chi connectivity index (χ0v) is 21.0. The molecule has 0 saturated carbocycles. The van der Waals surface area contributed by atoms with Crippen LogP contribution < -0.4 is 10.1 Å². The first-order valence-corrected chi connectivity index (χ1v) is 12.5. The molecule has 0 aromatic heterocycles. The smallest absolute Gasteiger partial charge is 0.338 e. The van der Waals surface area contributed by atoms with Crippen molar-refractivity contribution < 1.29 is 23.9 Å². The number of hydrogen-bond donors (Lipinski definition) is 1. The second-order valence-electron chi connectivity index (χ2n) is 8.52. The molecule has 4 rings (SSSR count). The molecule has 1 fully saturated rings. The van der Waals surface area contributed by atoms with Crippen LogP contribution in [0.15, 0.2) is 51.6 Å². The lowest BCUT2D eigenvalue weighted by atomic mass is 9.94. The Morgan fingerprint density at radius 2 is 2.00 bits per heavy atom. The predicted molar refractivity (Wildman–Crippen MR) is 133 cm³/mol. The quantitative estimate of drug-likeness (QED) is 0.413. The fourth-order valence-electron chi connectivity index (χ4n) is 4.51. The SMILES string of the molecule is COC(=O)C1=C(C)N=C2SC=C(CC(=O)NCCCN3CCCC3=O)N2C1c1ccc(OC)cc1. The third-order valence-electron chi connectivity index (χ3n) is 6.28. The maximum atomic E-state index is 12.8. The van der Waals surface area contributed by atoms with Crippen LogP contribution in [-0.4, -0.2) is 66.6 Å². The Bertz CT molecular complexity index is 1100. The minimum absolute atomic E-state index is 0.120. The van der Waals surface area contributed by atoms with Gasteiger partial charge in [0.05, 0.1) is 38.0 Å². The first-order valence-electron chi connectivity index (χ1n) is 11.6. The van der Waals surface area contributed by atoms with Gasteiger partial charge in [-0.1, -0.05) is 23.9 Å². The first kappa shape index (κ1) is 24.8. The van der Waals surface area contributed by atoms with E-state index in [1.807, 2.05) is 39.5 Å². The number of carbonyl (C=O) groups excluding carboxylic acids is 3. The molecule has 3 aliphatic rings. The van der Waals surface area contributed by atoms with Gasteiger partial charge in [-0.25, -0.2) is 9.79 Å². The van der Waals surface area contributed by atoms with Crippen molar-refractivity contribution in [2.45, 2.75) is 38.6 Å². The highest BCUT2D eigenvalue weighted by Gasteiger charge is 2.41. The summed E-state index contributed by atoms with van der Waals surface area (Å²) < 4.78 is 10.4. The van der Waals surface area contributed by atoms with Gasteiger partial charge in [0.1, 0.15) is 5.75 Å².